The van der Waals surface area contributed by atoms with Crippen LogP contribution >= 0.6 is 0 Å². The molecule has 1 aromatic rings. The molecule has 0 amide bonds. The highest BCUT2D eigenvalue weighted by Gasteiger charge is 1.93. The zero-order chi connectivity index (χ0) is 8.27. The SMILES string of the molecule is C=Cc1ccc(C=N)cc1C. The summed E-state index contributed by atoms with van der Waals surface area (Å²) in [5, 5.41) is 7.02. The van der Waals surface area contributed by atoms with Crippen molar-refractivity contribution in [1.29, 1.82) is 5.41 Å². The molecular formula is C10H11N. The van der Waals surface area contributed by atoms with E-state index in [1.807, 2.05) is 31.2 Å². The normalized spacial score (nSPS) is 9.18. The number of rotatable bonds is 2. The summed E-state index contributed by atoms with van der Waals surface area (Å²) in [6, 6.07) is 5.86. The fraction of sp³-hybridized carbons (Fsp3) is 0.100. The molecule has 1 N–H and O–H groups in total. The van der Waals surface area contributed by atoms with E-state index in [4.69, 9.17) is 5.41 Å². The van der Waals surface area contributed by atoms with Gasteiger partial charge in [-0.05, 0) is 29.7 Å². The summed E-state index contributed by atoms with van der Waals surface area (Å²) in [4.78, 5) is 0. The van der Waals surface area contributed by atoms with Gasteiger partial charge in [-0.2, -0.15) is 0 Å². The second-order valence-electron chi connectivity index (χ2n) is 2.46. The maximum absolute atomic E-state index is 7.02. The zero-order valence-electron chi connectivity index (χ0n) is 6.59. The molecule has 0 fully saturated rings. The Bertz CT molecular complexity index is 287. The Hall–Kier alpha value is -1.37. The van der Waals surface area contributed by atoms with E-state index in [0.717, 1.165) is 11.1 Å². The van der Waals surface area contributed by atoms with Crippen LogP contribution in [0.2, 0.25) is 0 Å². The third-order valence-electron chi connectivity index (χ3n) is 1.68. The smallest absolute Gasteiger partial charge is 0.0250 e. The Labute approximate surface area is 66.9 Å². The van der Waals surface area contributed by atoms with E-state index in [0.29, 0.717) is 0 Å². The fourth-order valence-corrected chi connectivity index (χ4v) is 1.02. The number of nitrogens with one attached hydrogen (secondary N) is 1. The Morgan fingerprint density at radius 2 is 2.18 bits per heavy atom. The van der Waals surface area contributed by atoms with Crippen molar-refractivity contribution in [2.45, 2.75) is 6.92 Å². The van der Waals surface area contributed by atoms with Crippen LogP contribution in [0, 0.1) is 12.3 Å². The van der Waals surface area contributed by atoms with E-state index in [9.17, 15) is 0 Å². The highest BCUT2D eigenvalue weighted by Crippen LogP contribution is 2.10. The van der Waals surface area contributed by atoms with Crippen LogP contribution in [0.3, 0.4) is 0 Å². The van der Waals surface area contributed by atoms with Crippen LogP contribution in [0.25, 0.3) is 6.08 Å². The lowest BCUT2D eigenvalue weighted by molar-refractivity contribution is 1.42. The topological polar surface area (TPSA) is 23.9 Å². The summed E-state index contributed by atoms with van der Waals surface area (Å²) in [5.74, 6) is 0. The lowest BCUT2D eigenvalue weighted by Crippen LogP contribution is -1.84. The summed E-state index contributed by atoms with van der Waals surface area (Å²) in [7, 11) is 0. The van der Waals surface area contributed by atoms with E-state index >= 15 is 0 Å². The molecular weight excluding hydrogens is 134 g/mol. The standard InChI is InChI=1S/C10H11N/c1-3-10-5-4-9(7-11)6-8(10)2/h3-7,11H,1H2,2H3. The first kappa shape index (κ1) is 7.73. The summed E-state index contributed by atoms with van der Waals surface area (Å²) >= 11 is 0. The van der Waals surface area contributed by atoms with Gasteiger partial charge in [0.25, 0.3) is 0 Å². The average Bonchev–Trinajstić information content (AvgIpc) is 2.04. The molecule has 0 heterocycles. The van der Waals surface area contributed by atoms with E-state index in [1.54, 1.807) is 0 Å². The summed E-state index contributed by atoms with van der Waals surface area (Å²) in [5.41, 5.74) is 3.24. The largest absolute Gasteiger partial charge is 0.308 e. The minimum Gasteiger partial charge on any atom is -0.308 e. The van der Waals surface area contributed by atoms with Crippen molar-refractivity contribution in [3.05, 3.63) is 41.5 Å². The molecule has 1 aromatic carbocycles. The van der Waals surface area contributed by atoms with Crippen molar-refractivity contribution < 1.29 is 0 Å². The van der Waals surface area contributed by atoms with Crippen LogP contribution in [0.15, 0.2) is 24.8 Å². The van der Waals surface area contributed by atoms with Gasteiger partial charge in [-0.15, -0.1) is 0 Å². The number of hydrogen-bond acceptors (Lipinski definition) is 1. The van der Waals surface area contributed by atoms with Gasteiger partial charge in [-0.25, -0.2) is 0 Å². The minimum absolute atomic E-state index is 0.938. The van der Waals surface area contributed by atoms with Gasteiger partial charge in [-0.1, -0.05) is 24.8 Å². The predicted octanol–water partition coefficient (Wildman–Crippen LogP) is 2.64. The van der Waals surface area contributed by atoms with Crippen LogP contribution in [0.4, 0.5) is 0 Å². The van der Waals surface area contributed by atoms with E-state index in [1.165, 1.54) is 11.8 Å². The summed E-state index contributed by atoms with van der Waals surface area (Å²) in [6.45, 7) is 5.71. The molecule has 0 saturated heterocycles. The monoisotopic (exact) mass is 145 g/mol. The zero-order valence-corrected chi connectivity index (χ0v) is 6.59. The second kappa shape index (κ2) is 3.15. The Morgan fingerprint density at radius 1 is 1.45 bits per heavy atom. The quantitative estimate of drug-likeness (QED) is 0.618. The van der Waals surface area contributed by atoms with Crippen LogP contribution in [-0.4, -0.2) is 6.21 Å². The third kappa shape index (κ3) is 1.55. The van der Waals surface area contributed by atoms with Gasteiger partial charge in [0.15, 0.2) is 0 Å². The lowest BCUT2D eigenvalue weighted by Gasteiger charge is -1.99. The van der Waals surface area contributed by atoms with Gasteiger partial charge >= 0.3 is 0 Å². The maximum Gasteiger partial charge on any atom is 0.0250 e. The highest BCUT2D eigenvalue weighted by molar-refractivity contribution is 5.78. The summed E-state index contributed by atoms with van der Waals surface area (Å²) in [6.07, 6.45) is 3.17. The van der Waals surface area contributed by atoms with Crippen LogP contribution in [0.5, 0.6) is 0 Å². The van der Waals surface area contributed by atoms with Crippen molar-refractivity contribution in [3.63, 3.8) is 0 Å². The van der Waals surface area contributed by atoms with Gasteiger partial charge in [0.2, 0.25) is 0 Å². The molecule has 0 saturated carbocycles. The van der Waals surface area contributed by atoms with Gasteiger partial charge in [0.1, 0.15) is 0 Å². The Kier molecular flexibility index (Phi) is 2.21. The molecule has 0 aromatic heterocycles. The average molecular weight is 145 g/mol. The van der Waals surface area contributed by atoms with Crippen LogP contribution in [-0.2, 0) is 0 Å². The molecule has 0 radical (unpaired) electrons. The van der Waals surface area contributed by atoms with Gasteiger partial charge in [0.05, 0.1) is 0 Å². The minimum atomic E-state index is 0.938. The first-order valence-corrected chi connectivity index (χ1v) is 3.51. The Balaban J connectivity index is 3.18. The molecule has 0 atom stereocenters. The molecule has 0 aliphatic heterocycles. The van der Waals surface area contributed by atoms with Crippen molar-refractivity contribution in [1.82, 2.24) is 0 Å². The number of benzene rings is 1. The molecule has 56 valence electrons. The predicted molar refractivity (Wildman–Crippen MR) is 49.2 cm³/mol. The third-order valence-corrected chi connectivity index (χ3v) is 1.68. The molecule has 0 bridgehead atoms. The highest BCUT2D eigenvalue weighted by atomic mass is 14.3. The molecule has 1 nitrogen and oxygen atoms in total. The molecule has 11 heavy (non-hydrogen) atoms. The maximum atomic E-state index is 7.02. The van der Waals surface area contributed by atoms with Crippen molar-refractivity contribution in [3.8, 4) is 0 Å². The molecule has 0 aliphatic rings. The van der Waals surface area contributed by atoms with Gasteiger partial charge < -0.3 is 5.41 Å². The van der Waals surface area contributed by atoms with Gasteiger partial charge in [-0.3, -0.25) is 0 Å². The Morgan fingerprint density at radius 3 is 2.64 bits per heavy atom. The molecule has 1 rings (SSSR count). The summed E-state index contributed by atoms with van der Waals surface area (Å²) < 4.78 is 0. The number of hydrogen-bond donors (Lipinski definition) is 1. The van der Waals surface area contributed by atoms with E-state index in [-0.39, 0.29) is 0 Å². The molecule has 0 aliphatic carbocycles. The second-order valence-corrected chi connectivity index (χ2v) is 2.46. The van der Waals surface area contributed by atoms with Crippen molar-refractivity contribution in [2.24, 2.45) is 0 Å². The van der Waals surface area contributed by atoms with E-state index in [2.05, 4.69) is 6.58 Å². The lowest BCUT2D eigenvalue weighted by atomic mass is 10.1. The fourth-order valence-electron chi connectivity index (χ4n) is 1.02. The number of aryl methyl sites for hydroxylation is 1. The van der Waals surface area contributed by atoms with Crippen molar-refractivity contribution >= 4 is 12.3 Å². The first-order valence-electron chi connectivity index (χ1n) is 3.51. The van der Waals surface area contributed by atoms with Crippen LogP contribution in [0.1, 0.15) is 16.7 Å². The molecule has 0 unspecified atom stereocenters. The van der Waals surface area contributed by atoms with Crippen LogP contribution < -0.4 is 0 Å². The van der Waals surface area contributed by atoms with E-state index < -0.39 is 0 Å². The molecule has 0 spiro atoms. The van der Waals surface area contributed by atoms with Crippen molar-refractivity contribution in [2.75, 3.05) is 0 Å². The first-order chi connectivity index (χ1) is 5.27. The molecule has 1 heteroatoms. The van der Waals surface area contributed by atoms with Gasteiger partial charge in [0, 0.05) is 6.21 Å².